The molecule has 2 rings (SSSR count). The predicted octanol–water partition coefficient (Wildman–Crippen LogP) is 2.69. The van der Waals surface area contributed by atoms with Crippen molar-refractivity contribution in [1.29, 1.82) is 0 Å². The quantitative estimate of drug-likeness (QED) is 0.864. The van der Waals surface area contributed by atoms with E-state index in [1.807, 2.05) is 0 Å². The lowest BCUT2D eigenvalue weighted by Gasteiger charge is -2.28. The number of benzene rings is 1. The Morgan fingerprint density at radius 2 is 1.95 bits per heavy atom. The molecule has 0 aliphatic carbocycles. The van der Waals surface area contributed by atoms with Gasteiger partial charge in [-0.15, -0.1) is 0 Å². The van der Waals surface area contributed by atoms with Crippen LogP contribution < -0.4 is 10.1 Å². The van der Waals surface area contributed by atoms with Gasteiger partial charge < -0.3 is 10.1 Å². The molecule has 3 heteroatoms. The molecule has 0 radical (unpaired) electrons. The molecular formula is C17H28N2O. The fourth-order valence-corrected chi connectivity index (χ4v) is 2.55. The van der Waals surface area contributed by atoms with Crippen LogP contribution in [0.4, 0.5) is 0 Å². The van der Waals surface area contributed by atoms with Crippen molar-refractivity contribution >= 4 is 0 Å². The first kappa shape index (κ1) is 15.3. The average molecular weight is 276 g/mol. The molecule has 0 aromatic heterocycles. The van der Waals surface area contributed by atoms with Gasteiger partial charge in [-0.25, -0.2) is 0 Å². The summed E-state index contributed by atoms with van der Waals surface area (Å²) in [5, 5.41) is 3.40. The van der Waals surface area contributed by atoms with Crippen LogP contribution in [0.5, 0.6) is 5.75 Å². The number of nitrogens with one attached hydrogen (secondary N) is 1. The Bertz CT molecular complexity index is 411. The van der Waals surface area contributed by atoms with Gasteiger partial charge >= 0.3 is 0 Å². The van der Waals surface area contributed by atoms with Crippen molar-refractivity contribution in [3.63, 3.8) is 0 Å². The fourth-order valence-electron chi connectivity index (χ4n) is 2.55. The summed E-state index contributed by atoms with van der Waals surface area (Å²) in [5.74, 6) is 1.58. The minimum absolute atomic E-state index is 0.570. The van der Waals surface area contributed by atoms with E-state index in [1.54, 1.807) is 0 Å². The Kier molecular flexibility index (Phi) is 5.86. The summed E-state index contributed by atoms with van der Waals surface area (Å²) < 4.78 is 5.83. The van der Waals surface area contributed by atoms with Gasteiger partial charge in [-0.3, -0.25) is 4.90 Å². The highest BCUT2D eigenvalue weighted by atomic mass is 16.5. The second kappa shape index (κ2) is 7.65. The van der Waals surface area contributed by atoms with Crippen LogP contribution in [0.2, 0.25) is 0 Å². The first-order valence-corrected chi connectivity index (χ1v) is 7.86. The topological polar surface area (TPSA) is 24.5 Å². The van der Waals surface area contributed by atoms with Gasteiger partial charge in [0, 0.05) is 32.7 Å². The van der Waals surface area contributed by atoms with Gasteiger partial charge in [0.25, 0.3) is 0 Å². The largest absolute Gasteiger partial charge is 0.493 e. The molecule has 1 N–H and O–H groups in total. The molecule has 0 saturated carbocycles. The Labute approximate surface area is 123 Å². The standard InChI is InChI=1S/C17H28N2O/c1-4-15-11-17(20-13-14(2)3)6-5-16(15)12-19-9-7-18-8-10-19/h5-6,11,14,18H,4,7-10,12-13H2,1-3H3. The lowest BCUT2D eigenvalue weighted by molar-refractivity contribution is 0.232. The lowest BCUT2D eigenvalue weighted by Crippen LogP contribution is -2.43. The molecule has 1 saturated heterocycles. The summed E-state index contributed by atoms with van der Waals surface area (Å²) in [6, 6.07) is 6.59. The second-order valence-corrected chi connectivity index (χ2v) is 6.02. The van der Waals surface area contributed by atoms with Crippen molar-refractivity contribution in [2.45, 2.75) is 33.7 Å². The minimum atomic E-state index is 0.570. The molecule has 1 heterocycles. The monoisotopic (exact) mass is 276 g/mol. The Morgan fingerprint density at radius 1 is 1.20 bits per heavy atom. The Morgan fingerprint density at radius 3 is 2.60 bits per heavy atom. The molecule has 1 fully saturated rings. The molecule has 1 aliphatic rings. The van der Waals surface area contributed by atoms with Crippen molar-refractivity contribution in [3.05, 3.63) is 29.3 Å². The maximum atomic E-state index is 5.83. The van der Waals surface area contributed by atoms with Gasteiger partial charge in [-0.1, -0.05) is 26.8 Å². The van der Waals surface area contributed by atoms with Crippen LogP contribution in [0.15, 0.2) is 18.2 Å². The van der Waals surface area contributed by atoms with Gasteiger partial charge in [0.1, 0.15) is 5.75 Å². The van der Waals surface area contributed by atoms with E-state index >= 15 is 0 Å². The molecule has 1 aromatic rings. The third kappa shape index (κ3) is 4.50. The zero-order valence-corrected chi connectivity index (χ0v) is 13.1. The number of ether oxygens (including phenoxy) is 1. The highest BCUT2D eigenvalue weighted by molar-refractivity contribution is 5.35. The highest BCUT2D eigenvalue weighted by Gasteiger charge is 2.12. The van der Waals surface area contributed by atoms with E-state index < -0.39 is 0 Å². The Balaban J connectivity index is 2.01. The Hall–Kier alpha value is -1.06. The van der Waals surface area contributed by atoms with Crippen molar-refractivity contribution < 1.29 is 4.74 Å². The van der Waals surface area contributed by atoms with Gasteiger partial charge in [0.2, 0.25) is 0 Å². The number of nitrogens with zero attached hydrogens (tertiary/aromatic N) is 1. The van der Waals surface area contributed by atoms with Crippen molar-refractivity contribution in [2.24, 2.45) is 5.92 Å². The van der Waals surface area contributed by atoms with Crippen molar-refractivity contribution in [1.82, 2.24) is 10.2 Å². The molecule has 112 valence electrons. The van der Waals surface area contributed by atoms with Crippen LogP contribution >= 0.6 is 0 Å². The maximum Gasteiger partial charge on any atom is 0.119 e. The van der Waals surface area contributed by atoms with E-state index in [2.05, 4.69) is 49.2 Å². The second-order valence-electron chi connectivity index (χ2n) is 6.02. The highest BCUT2D eigenvalue weighted by Crippen LogP contribution is 2.21. The number of piperazine rings is 1. The maximum absolute atomic E-state index is 5.83. The van der Waals surface area contributed by atoms with E-state index in [0.29, 0.717) is 5.92 Å². The van der Waals surface area contributed by atoms with Crippen LogP contribution in [0.1, 0.15) is 31.9 Å². The van der Waals surface area contributed by atoms with E-state index in [9.17, 15) is 0 Å². The smallest absolute Gasteiger partial charge is 0.119 e. The third-order valence-corrected chi connectivity index (χ3v) is 3.75. The summed E-state index contributed by atoms with van der Waals surface area (Å²) >= 11 is 0. The summed E-state index contributed by atoms with van der Waals surface area (Å²) in [5.41, 5.74) is 2.87. The van der Waals surface area contributed by atoms with Gasteiger partial charge in [0.05, 0.1) is 6.61 Å². The van der Waals surface area contributed by atoms with Gasteiger partial charge in [-0.05, 0) is 35.6 Å². The zero-order valence-electron chi connectivity index (χ0n) is 13.1. The number of aryl methyl sites for hydroxylation is 1. The van der Waals surface area contributed by atoms with Gasteiger partial charge in [-0.2, -0.15) is 0 Å². The molecule has 0 spiro atoms. The lowest BCUT2D eigenvalue weighted by atomic mass is 10.0. The van der Waals surface area contributed by atoms with E-state index in [0.717, 1.165) is 51.5 Å². The summed E-state index contributed by atoms with van der Waals surface area (Å²) in [6.07, 6.45) is 1.07. The third-order valence-electron chi connectivity index (χ3n) is 3.75. The van der Waals surface area contributed by atoms with E-state index in [1.165, 1.54) is 11.1 Å². The number of hydrogen-bond acceptors (Lipinski definition) is 3. The molecule has 1 aromatic carbocycles. The van der Waals surface area contributed by atoms with Crippen LogP contribution in [0, 0.1) is 5.92 Å². The first-order valence-electron chi connectivity index (χ1n) is 7.86. The summed E-state index contributed by atoms with van der Waals surface area (Å²) in [4.78, 5) is 2.53. The first-order chi connectivity index (χ1) is 9.69. The molecule has 3 nitrogen and oxygen atoms in total. The van der Waals surface area contributed by atoms with Crippen LogP contribution in [0.3, 0.4) is 0 Å². The van der Waals surface area contributed by atoms with Gasteiger partial charge in [0.15, 0.2) is 0 Å². The number of rotatable bonds is 6. The molecule has 0 amide bonds. The normalized spacial score (nSPS) is 16.6. The average Bonchev–Trinajstić information content (AvgIpc) is 2.47. The fraction of sp³-hybridized carbons (Fsp3) is 0.647. The molecule has 0 bridgehead atoms. The summed E-state index contributed by atoms with van der Waals surface area (Å²) in [6.45, 7) is 13.0. The molecule has 20 heavy (non-hydrogen) atoms. The number of hydrogen-bond donors (Lipinski definition) is 1. The van der Waals surface area contributed by atoms with Crippen LogP contribution in [-0.2, 0) is 13.0 Å². The SMILES string of the molecule is CCc1cc(OCC(C)C)ccc1CN1CCNCC1. The van der Waals surface area contributed by atoms with Crippen molar-refractivity contribution in [2.75, 3.05) is 32.8 Å². The zero-order chi connectivity index (χ0) is 14.4. The molecule has 0 atom stereocenters. The summed E-state index contributed by atoms with van der Waals surface area (Å²) in [7, 11) is 0. The van der Waals surface area contributed by atoms with Crippen molar-refractivity contribution in [3.8, 4) is 5.75 Å². The van der Waals surface area contributed by atoms with E-state index in [-0.39, 0.29) is 0 Å². The van der Waals surface area contributed by atoms with Crippen LogP contribution in [-0.4, -0.2) is 37.7 Å². The minimum Gasteiger partial charge on any atom is -0.493 e. The molecule has 0 unspecified atom stereocenters. The molecular weight excluding hydrogens is 248 g/mol. The predicted molar refractivity (Wildman–Crippen MR) is 84.3 cm³/mol. The van der Waals surface area contributed by atoms with Crippen LogP contribution in [0.25, 0.3) is 0 Å². The van der Waals surface area contributed by atoms with E-state index in [4.69, 9.17) is 4.74 Å². The molecule has 1 aliphatic heterocycles.